The van der Waals surface area contributed by atoms with Gasteiger partial charge in [0.05, 0.1) is 24.7 Å². The van der Waals surface area contributed by atoms with Crippen LogP contribution >= 0.6 is 0 Å². The van der Waals surface area contributed by atoms with Gasteiger partial charge in [-0.2, -0.15) is 0 Å². The van der Waals surface area contributed by atoms with Crippen LogP contribution in [-0.4, -0.2) is 45.8 Å². The number of nitrogens with one attached hydrogen (secondary N) is 3. The zero-order chi connectivity index (χ0) is 19.3. The number of hydrazone groups is 1. The predicted molar refractivity (Wildman–Crippen MR) is 89.8 cm³/mol. The monoisotopic (exact) mass is 383 g/mol. The summed E-state index contributed by atoms with van der Waals surface area (Å²) in [5.41, 5.74) is 5.65. The maximum atomic E-state index is 12.2. The molecule has 1 aromatic carbocycles. The Balaban J connectivity index is 2.05. The highest BCUT2D eigenvalue weighted by Crippen LogP contribution is 2.11. The third kappa shape index (κ3) is 4.63. The third-order valence-electron chi connectivity index (χ3n) is 3.05. The molecule has 1 aliphatic heterocycles. The number of carbonyl (C=O) groups excluding carboxylic acids is 2. The summed E-state index contributed by atoms with van der Waals surface area (Å²) < 4.78 is 35.7. The summed E-state index contributed by atoms with van der Waals surface area (Å²) in [6.07, 6.45) is 1.58. The number of rotatable bonds is 4. The average molecular weight is 383 g/mol. The van der Waals surface area contributed by atoms with E-state index in [4.69, 9.17) is 4.74 Å². The number of methoxy groups -OCH3 is 2. The van der Waals surface area contributed by atoms with Gasteiger partial charge in [0.2, 0.25) is 5.90 Å². The van der Waals surface area contributed by atoms with Gasteiger partial charge >= 0.3 is 12.0 Å². The van der Waals surface area contributed by atoms with Crippen LogP contribution < -0.4 is 15.6 Å². The van der Waals surface area contributed by atoms with Crippen LogP contribution in [0.5, 0.6) is 0 Å². The standard InChI is InChI=1S/C14H17N5O6S/c1-9-8-12(24-2)16-19(15-9)17-14(21)18-26(22,23)11-6-4-10(5-7-11)13(20)25-3/h4-8,15H,1-3H3,(H2,17,18,21). The first-order valence-corrected chi connectivity index (χ1v) is 8.63. The van der Waals surface area contributed by atoms with E-state index in [1.165, 1.54) is 38.5 Å². The molecule has 0 fully saturated rings. The second kappa shape index (κ2) is 7.74. The van der Waals surface area contributed by atoms with Gasteiger partial charge in [0.1, 0.15) is 0 Å². The van der Waals surface area contributed by atoms with Crippen molar-refractivity contribution in [3.05, 3.63) is 41.6 Å². The van der Waals surface area contributed by atoms with Crippen LogP contribution in [0.15, 0.2) is 46.0 Å². The van der Waals surface area contributed by atoms with Crippen LogP contribution in [0.2, 0.25) is 0 Å². The summed E-state index contributed by atoms with van der Waals surface area (Å²) >= 11 is 0. The van der Waals surface area contributed by atoms with E-state index in [9.17, 15) is 18.0 Å². The Kier molecular flexibility index (Phi) is 5.67. The summed E-state index contributed by atoms with van der Waals surface area (Å²) in [5.74, 6) is -0.395. The lowest BCUT2D eigenvalue weighted by molar-refractivity contribution is 0.0600. The Bertz CT molecular complexity index is 862. The van der Waals surface area contributed by atoms with Gasteiger partial charge in [-0.05, 0) is 31.2 Å². The number of hydrogen-bond donors (Lipinski definition) is 3. The lowest BCUT2D eigenvalue weighted by Gasteiger charge is -2.24. The molecule has 0 saturated carbocycles. The summed E-state index contributed by atoms with van der Waals surface area (Å²) in [6, 6.07) is 3.84. The van der Waals surface area contributed by atoms with Crippen molar-refractivity contribution in [2.75, 3.05) is 14.2 Å². The quantitative estimate of drug-likeness (QED) is 0.621. The van der Waals surface area contributed by atoms with Crippen molar-refractivity contribution in [3.63, 3.8) is 0 Å². The summed E-state index contributed by atoms with van der Waals surface area (Å²) in [5, 5.41) is 4.76. The topological polar surface area (TPSA) is 138 Å². The molecule has 0 atom stereocenters. The number of hydrazine groups is 2. The van der Waals surface area contributed by atoms with Crippen molar-refractivity contribution in [3.8, 4) is 0 Å². The lowest BCUT2D eigenvalue weighted by atomic mass is 10.2. The molecule has 26 heavy (non-hydrogen) atoms. The molecule has 3 N–H and O–H groups in total. The number of carbonyl (C=O) groups is 2. The molecule has 1 heterocycles. The first kappa shape index (κ1) is 19.1. The van der Waals surface area contributed by atoms with Gasteiger partial charge in [-0.25, -0.2) is 28.2 Å². The second-order valence-corrected chi connectivity index (χ2v) is 6.64. The minimum absolute atomic E-state index is 0.178. The molecule has 0 saturated heterocycles. The fourth-order valence-corrected chi connectivity index (χ4v) is 2.78. The van der Waals surface area contributed by atoms with E-state index in [0.29, 0.717) is 5.70 Å². The van der Waals surface area contributed by atoms with E-state index in [2.05, 4.69) is 20.7 Å². The molecule has 0 spiro atoms. The molecule has 1 aliphatic rings. The van der Waals surface area contributed by atoms with E-state index >= 15 is 0 Å². The van der Waals surface area contributed by atoms with Crippen LogP contribution in [0.3, 0.4) is 0 Å². The molecule has 12 heteroatoms. The Labute approximate surface area is 149 Å². The summed E-state index contributed by atoms with van der Waals surface area (Å²) in [6.45, 7) is 1.69. The van der Waals surface area contributed by atoms with Gasteiger partial charge in [-0.1, -0.05) is 5.10 Å². The minimum atomic E-state index is -4.16. The number of nitrogens with zero attached hydrogens (tertiary/aromatic N) is 2. The molecule has 2 rings (SSSR count). The number of allylic oxidation sites excluding steroid dienone is 1. The average Bonchev–Trinajstić information content (AvgIpc) is 2.60. The Morgan fingerprint density at radius 1 is 1.19 bits per heavy atom. The van der Waals surface area contributed by atoms with Crippen molar-refractivity contribution in [2.24, 2.45) is 5.10 Å². The first-order chi connectivity index (χ1) is 12.2. The van der Waals surface area contributed by atoms with E-state index in [0.717, 1.165) is 5.23 Å². The van der Waals surface area contributed by atoms with Crippen molar-refractivity contribution < 1.29 is 27.5 Å². The number of urea groups is 1. The van der Waals surface area contributed by atoms with Crippen LogP contribution in [-0.2, 0) is 19.5 Å². The highest BCUT2D eigenvalue weighted by molar-refractivity contribution is 7.90. The zero-order valence-corrected chi connectivity index (χ0v) is 15.0. The number of amides is 2. The molecular formula is C14H17N5O6S. The van der Waals surface area contributed by atoms with E-state index in [1.807, 2.05) is 4.72 Å². The van der Waals surface area contributed by atoms with Crippen LogP contribution in [0, 0.1) is 0 Å². The number of hydrogen-bond acceptors (Lipinski definition) is 9. The van der Waals surface area contributed by atoms with Crippen molar-refractivity contribution in [2.45, 2.75) is 11.8 Å². The van der Waals surface area contributed by atoms with Crippen molar-refractivity contribution in [1.82, 2.24) is 20.8 Å². The van der Waals surface area contributed by atoms with Crippen LogP contribution in [0.25, 0.3) is 0 Å². The van der Waals surface area contributed by atoms with Gasteiger partial charge in [0.15, 0.2) is 0 Å². The molecule has 0 bridgehead atoms. The zero-order valence-electron chi connectivity index (χ0n) is 14.1. The number of benzene rings is 1. The van der Waals surface area contributed by atoms with Crippen molar-refractivity contribution >= 4 is 27.9 Å². The van der Waals surface area contributed by atoms with Crippen LogP contribution in [0.4, 0.5) is 4.79 Å². The minimum Gasteiger partial charge on any atom is -0.480 e. The highest BCUT2D eigenvalue weighted by Gasteiger charge is 2.20. The maximum absolute atomic E-state index is 12.2. The molecule has 0 unspecified atom stereocenters. The largest absolute Gasteiger partial charge is 0.480 e. The first-order valence-electron chi connectivity index (χ1n) is 7.14. The molecule has 1 aromatic rings. The molecule has 140 valence electrons. The van der Waals surface area contributed by atoms with Gasteiger partial charge in [-0.3, -0.25) is 5.43 Å². The van der Waals surface area contributed by atoms with Gasteiger partial charge in [0, 0.05) is 11.8 Å². The van der Waals surface area contributed by atoms with E-state index in [-0.39, 0.29) is 16.4 Å². The predicted octanol–water partition coefficient (Wildman–Crippen LogP) is 0.0600. The third-order valence-corrected chi connectivity index (χ3v) is 4.40. The van der Waals surface area contributed by atoms with Crippen LogP contribution in [0.1, 0.15) is 17.3 Å². The summed E-state index contributed by atoms with van der Waals surface area (Å²) in [7, 11) is -1.55. The smallest absolute Gasteiger partial charge is 0.350 e. The number of ether oxygens (including phenoxy) is 2. The fraction of sp³-hybridized carbons (Fsp3) is 0.214. The molecule has 0 radical (unpaired) electrons. The maximum Gasteiger partial charge on any atom is 0.350 e. The second-order valence-electron chi connectivity index (χ2n) is 4.96. The highest BCUT2D eigenvalue weighted by atomic mass is 32.2. The fourth-order valence-electron chi connectivity index (χ4n) is 1.88. The molecule has 11 nitrogen and oxygen atoms in total. The molecular weight excluding hydrogens is 366 g/mol. The van der Waals surface area contributed by atoms with Gasteiger partial charge in [-0.15, -0.1) is 5.23 Å². The summed E-state index contributed by atoms with van der Waals surface area (Å²) in [4.78, 5) is 23.1. The Morgan fingerprint density at radius 2 is 1.85 bits per heavy atom. The SMILES string of the molecule is COC(=O)c1ccc(S(=O)(=O)NC(=O)NN2N=C(OC)C=C(C)N2)cc1. The van der Waals surface area contributed by atoms with Gasteiger partial charge < -0.3 is 9.47 Å². The Morgan fingerprint density at radius 3 is 2.42 bits per heavy atom. The Hall–Kier alpha value is -3.28. The van der Waals surface area contributed by atoms with Crippen molar-refractivity contribution in [1.29, 1.82) is 0 Å². The lowest BCUT2D eigenvalue weighted by Crippen LogP contribution is -2.53. The van der Waals surface area contributed by atoms with E-state index < -0.39 is 22.0 Å². The number of sulfonamides is 1. The molecule has 2 amide bonds. The van der Waals surface area contributed by atoms with E-state index in [1.54, 1.807) is 13.0 Å². The molecule has 0 aliphatic carbocycles. The van der Waals surface area contributed by atoms with Gasteiger partial charge in [0.25, 0.3) is 10.0 Å². The molecule has 0 aromatic heterocycles. The normalized spacial score (nSPS) is 13.7. The number of esters is 1.